The monoisotopic (exact) mass is 755 g/mol. The second kappa shape index (κ2) is 17.4. The molecular weight excluding hydrogens is 702 g/mol. The van der Waals surface area contributed by atoms with E-state index in [2.05, 4.69) is 43.1 Å². The molecule has 274 valence electrons. The fourth-order valence-electron chi connectivity index (χ4n) is 6.16. The third kappa shape index (κ3) is 11.4. The van der Waals surface area contributed by atoms with Gasteiger partial charge >= 0.3 is 12.1 Å². The molecule has 1 amide bonds. The highest BCUT2D eigenvalue weighted by Gasteiger charge is 2.30. The number of rotatable bonds is 14. The number of unbranched alkanes of at least 4 members (excludes halogenated alkanes) is 3. The second-order valence-corrected chi connectivity index (χ2v) is 15.6. The molecule has 3 aromatic rings. The Morgan fingerprint density at radius 1 is 1.02 bits per heavy atom. The topological polar surface area (TPSA) is 125 Å². The first kappa shape index (κ1) is 39.0. The number of aromatic nitrogens is 3. The number of nitrogens with one attached hydrogen (secondary N) is 2. The maximum absolute atomic E-state index is 12.6. The van der Waals surface area contributed by atoms with Crippen LogP contribution in [0.1, 0.15) is 122 Å². The zero-order valence-corrected chi connectivity index (χ0v) is 32.4. The Morgan fingerprint density at radius 3 is 2.48 bits per heavy atom. The molecule has 0 bridgehead atoms. The number of esters is 1. The molecule has 11 nitrogen and oxygen atoms in total. The van der Waals surface area contributed by atoms with E-state index in [1.165, 1.54) is 0 Å². The predicted molar refractivity (Wildman–Crippen MR) is 200 cm³/mol. The Balaban J connectivity index is 1.56. The first-order valence-corrected chi connectivity index (χ1v) is 18.4. The van der Waals surface area contributed by atoms with Crippen molar-refractivity contribution in [3.05, 3.63) is 52.2 Å². The summed E-state index contributed by atoms with van der Waals surface area (Å²) in [6, 6.07) is 5.73. The molecule has 1 fully saturated rings. The van der Waals surface area contributed by atoms with Crippen LogP contribution in [-0.4, -0.2) is 57.9 Å². The molecule has 2 heterocycles. The molecule has 0 radical (unpaired) electrons. The fraction of sp³-hybridized carbons (Fsp3) is 0.579. The Bertz CT molecular complexity index is 1640. The van der Waals surface area contributed by atoms with E-state index < -0.39 is 17.3 Å². The molecule has 1 aliphatic rings. The van der Waals surface area contributed by atoms with Crippen molar-refractivity contribution in [2.24, 2.45) is 0 Å². The van der Waals surface area contributed by atoms with E-state index in [4.69, 9.17) is 28.9 Å². The summed E-state index contributed by atoms with van der Waals surface area (Å²) in [5.41, 5.74) is 1.70. The summed E-state index contributed by atoms with van der Waals surface area (Å²) in [5.74, 6) is 3.02. The number of imidazole rings is 1. The first-order chi connectivity index (χ1) is 23.7. The van der Waals surface area contributed by atoms with Crippen LogP contribution in [0.5, 0.6) is 11.5 Å². The molecule has 0 unspecified atom stereocenters. The maximum atomic E-state index is 12.6. The van der Waals surface area contributed by atoms with Gasteiger partial charge in [0.05, 0.1) is 26.1 Å². The van der Waals surface area contributed by atoms with Crippen LogP contribution in [0.25, 0.3) is 11.6 Å². The Kier molecular flexibility index (Phi) is 13.6. The summed E-state index contributed by atoms with van der Waals surface area (Å²) in [5, 5.41) is 6.60. The zero-order valence-electron chi connectivity index (χ0n) is 30.9. The number of hydrogen-bond acceptors (Lipinski definition) is 9. The molecule has 1 aromatic carbocycles. The Morgan fingerprint density at radius 2 is 1.78 bits per heavy atom. The van der Waals surface area contributed by atoms with Crippen LogP contribution in [0.15, 0.2) is 35.1 Å². The summed E-state index contributed by atoms with van der Waals surface area (Å²) in [7, 11) is 3.28. The van der Waals surface area contributed by atoms with E-state index in [1.807, 2.05) is 65.9 Å². The number of hydrogen-bond donors (Lipinski definition) is 2. The van der Waals surface area contributed by atoms with Gasteiger partial charge in [0.2, 0.25) is 0 Å². The van der Waals surface area contributed by atoms with E-state index in [9.17, 15) is 9.59 Å². The average molecular weight is 757 g/mol. The summed E-state index contributed by atoms with van der Waals surface area (Å²) in [4.78, 5) is 34.6. The van der Waals surface area contributed by atoms with E-state index in [0.29, 0.717) is 23.4 Å². The number of alkyl carbamates (subject to hydrolysis) is 1. The summed E-state index contributed by atoms with van der Waals surface area (Å²) >= 11 is 3.77. The molecule has 12 heteroatoms. The van der Waals surface area contributed by atoms with Crippen molar-refractivity contribution in [3.8, 4) is 11.5 Å². The number of ether oxygens (including phenoxy) is 4. The molecule has 4 rings (SSSR count). The van der Waals surface area contributed by atoms with Crippen molar-refractivity contribution in [1.82, 2.24) is 19.7 Å². The number of carbonyl (C=O) groups is 2. The highest BCUT2D eigenvalue weighted by Crippen LogP contribution is 2.37. The third-order valence-electron chi connectivity index (χ3n) is 8.33. The van der Waals surface area contributed by atoms with Crippen LogP contribution < -0.4 is 20.1 Å². The van der Waals surface area contributed by atoms with Crippen LogP contribution in [0.3, 0.4) is 0 Å². The fourth-order valence-corrected chi connectivity index (χ4v) is 6.70. The van der Waals surface area contributed by atoms with Crippen LogP contribution in [0.2, 0.25) is 0 Å². The molecule has 0 spiro atoms. The van der Waals surface area contributed by atoms with E-state index in [-0.39, 0.29) is 17.9 Å². The lowest BCUT2D eigenvalue weighted by Gasteiger charge is -2.30. The van der Waals surface area contributed by atoms with Gasteiger partial charge in [0, 0.05) is 36.6 Å². The van der Waals surface area contributed by atoms with Crippen molar-refractivity contribution in [3.63, 3.8) is 0 Å². The summed E-state index contributed by atoms with van der Waals surface area (Å²) < 4.78 is 24.9. The van der Waals surface area contributed by atoms with E-state index in [1.54, 1.807) is 14.2 Å². The summed E-state index contributed by atoms with van der Waals surface area (Å²) in [6.45, 7) is 11.8. The van der Waals surface area contributed by atoms with Crippen LogP contribution in [0, 0.1) is 0 Å². The number of allylic oxidation sites excluding steroid dienone is 1. The van der Waals surface area contributed by atoms with Crippen LogP contribution in [0.4, 0.5) is 10.6 Å². The lowest BCUT2D eigenvalue weighted by molar-refractivity contribution is -0.154. The normalized spacial score (nSPS) is 16.7. The minimum Gasteiger partial charge on any atom is -0.497 e. The smallest absolute Gasteiger partial charge is 0.407 e. The number of fused-ring (bicyclic) bond motifs is 1. The Labute approximate surface area is 305 Å². The summed E-state index contributed by atoms with van der Waals surface area (Å²) in [6.07, 6.45) is 13.3. The largest absolute Gasteiger partial charge is 0.497 e. The number of amides is 1. The van der Waals surface area contributed by atoms with Gasteiger partial charge in [-0.25, -0.2) is 14.8 Å². The molecule has 50 heavy (non-hydrogen) atoms. The van der Waals surface area contributed by atoms with Gasteiger partial charge in [-0.1, -0.05) is 18.9 Å². The van der Waals surface area contributed by atoms with Gasteiger partial charge in [0.15, 0.2) is 5.82 Å². The number of anilines is 1. The third-order valence-corrected chi connectivity index (χ3v) is 8.88. The van der Waals surface area contributed by atoms with Gasteiger partial charge in [0.25, 0.3) is 0 Å². The molecule has 0 saturated heterocycles. The minimum atomic E-state index is -0.562. The highest BCUT2D eigenvalue weighted by molar-refractivity contribution is 9.10. The molecule has 0 aliphatic heterocycles. The number of methoxy groups -OCH3 is 2. The van der Waals surface area contributed by atoms with E-state index >= 15 is 0 Å². The second-order valence-electron chi connectivity index (χ2n) is 14.8. The SMILES string of the molecule is COc1ccc(CNc2ncc(/C=C/CCCCCC(=O)OC(C)(C)C)n3c([C@@H]4CCC[C@@H](NC(=O)OC(C)(C)C)C4)nc(Br)c23)c(OC)c1. The van der Waals surface area contributed by atoms with Gasteiger partial charge < -0.3 is 29.6 Å². The lowest BCUT2D eigenvalue weighted by Crippen LogP contribution is -2.41. The average Bonchev–Trinajstić information content (AvgIpc) is 3.39. The van der Waals surface area contributed by atoms with Gasteiger partial charge in [-0.05, 0) is 114 Å². The predicted octanol–water partition coefficient (Wildman–Crippen LogP) is 8.98. The number of benzene rings is 1. The molecule has 1 saturated carbocycles. The van der Waals surface area contributed by atoms with Crippen LogP contribution >= 0.6 is 15.9 Å². The standard InChI is InChI=1S/C38H54BrN5O6/c1-37(2,3)49-31(45)18-13-11-9-10-12-17-28-24-41-34(40-23-26-19-20-29(47-7)22-30(26)48-8)32-33(39)43-35(44(28)32)25-15-14-16-27(21-25)42-36(46)50-38(4,5)6/h12,17,19-20,22,24-25,27H,9-11,13-16,18,21,23H2,1-8H3,(H,40,41)(H,42,46)/b17-12+/t25-,27-/m1/s1. The van der Waals surface area contributed by atoms with Crippen molar-refractivity contribution in [1.29, 1.82) is 0 Å². The van der Waals surface area contributed by atoms with Gasteiger partial charge in [0.1, 0.15) is 38.6 Å². The van der Waals surface area contributed by atoms with Crippen LogP contribution in [-0.2, 0) is 20.8 Å². The molecule has 1 aliphatic carbocycles. The van der Waals surface area contributed by atoms with Crippen molar-refractivity contribution in [2.75, 3.05) is 19.5 Å². The van der Waals surface area contributed by atoms with E-state index in [0.717, 1.165) is 85.5 Å². The quantitative estimate of drug-likeness (QED) is 0.123. The van der Waals surface area contributed by atoms with Gasteiger partial charge in [-0.15, -0.1) is 0 Å². The maximum Gasteiger partial charge on any atom is 0.407 e. The first-order valence-electron chi connectivity index (χ1n) is 17.6. The highest BCUT2D eigenvalue weighted by atomic mass is 79.9. The minimum absolute atomic E-state index is 0.0173. The molecule has 2 N–H and O–H groups in total. The van der Waals surface area contributed by atoms with Gasteiger partial charge in [-0.3, -0.25) is 9.20 Å². The lowest BCUT2D eigenvalue weighted by atomic mass is 9.85. The molecular formula is C38H54BrN5O6. The van der Waals surface area contributed by atoms with Gasteiger partial charge in [-0.2, -0.15) is 0 Å². The van der Waals surface area contributed by atoms with Crippen molar-refractivity contribution >= 4 is 45.4 Å². The number of halogens is 1. The molecule has 2 aromatic heterocycles. The number of carbonyl (C=O) groups excluding carboxylic acids is 2. The zero-order chi connectivity index (χ0) is 36.5. The molecule has 2 atom stereocenters. The van der Waals surface area contributed by atoms with Crippen molar-refractivity contribution < 1.29 is 28.5 Å². The Hall–Kier alpha value is -3.80. The number of nitrogens with zero attached hydrogens (tertiary/aromatic N) is 3. The van der Waals surface area contributed by atoms with Crippen molar-refractivity contribution in [2.45, 2.75) is 129 Å².